The third-order valence-electron chi connectivity index (χ3n) is 3.50. The first-order valence-corrected chi connectivity index (χ1v) is 6.11. The van der Waals surface area contributed by atoms with Crippen molar-refractivity contribution in [2.24, 2.45) is 0 Å². The molecule has 0 aliphatic carbocycles. The third-order valence-corrected chi connectivity index (χ3v) is 3.50. The third kappa shape index (κ3) is 2.40. The molecule has 0 unspecified atom stereocenters. The Kier molecular flexibility index (Phi) is 3.31. The van der Waals surface area contributed by atoms with Crippen LogP contribution in [0.4, 0.5) is 11.4 Å². The van der Waals surface area contributed by atoms with Crippen molar-refractivity contribution in [3.05, 3.63) is 33.9 Å². The standard InChI is InChI=1S/C13H18N2O2/c1-10-9-12(15(16)17)6-7-13(10)14-8-4-3-5-11(14)2/h6-7,9,11H,3-5,8H2,1-2H3/t11-/m0/s1. The first kappa shape index (κ1) is 11.9. The predicted molar refractivity (Wildman–Crippen MR) is 68.5 cm³/mol. The molecular formula is C13H18N2O2. The monoisotopic (exact) mass is 234 g/mol. The van der Waals surface area contributed by atoms with Gasteiger partial charge in [-0.05, 0) is 44.7 Å². The Balaban J connectivity index is 2.29. The van der Waals surface area contributed by atoms with E-state index >= 15 is 0 Å². The second kappa shape index (κ2) is 4.73. The molecule has 17 heavy (non-hydrogen) atoms. The fourth-order valence-electron chi connectivity index (χ4n) is 2.53. The largest absolute Gasteiger partial charge is 0.369 e. The van der Waals surface area contributed by atoms with Gasteiger partial charge in [-0.15, -0.1) is 0 Å². The lowest BCUT2D eigenvalue weighted by molar-refractivity contribution is -0.384. The zero-order chi connectivity index (χ0) is 12.4. The van der Waals surface area contributed by atoms with Crippen LogP contribution >= 0.6 is 0 Å². The lowest BCUT2D eigenvalue weighted by Crippen LogP contribution is -2.37. The lowest BCUT2D eigenvalue weighted by atomic mass is 10.0. The fourth-order valence-corrected chi connectivity index (χ4v) is 2.53. The molecule has 0 saturated carbocycles. The van der Waals surface area contributed by atoms with Crippen LogP contribution in [0.25, 0.3) is 0 Å². The second-order valence-electron chi connectivity index (χ2n) is 4.77. The number of nitro groups is 1. The van der Waals surface area contributed by atoms with Gasteiger partial charge in [0.25, 0.3) is 5.69 Å². The Labute approximate surface area is 101 Å². The fraction of sp³-hybridized carbons (Fsp3) is 0.538. The van der Waals surface area contributed by atoms with E-state index in [4.69, 9.17) is 0 Å². The van der Waals surface area contributed by atoms with Gasteiger partial charge >= 0.3 is 0 Å². The Hall–Kier alpha value is -1.58. The minimum atomic E-state index is -0.337. The maximum Gasteiger partial charge on any atom is 0.269 e. The molecule has 2 rings (SSSR count). The van der Waals surface area contributed by atoms with Gasteiger partial charge in [0.1, 0.15) is 0 Å². The van der Waals surface area contributed by atoms with Gasteiger partial charge in [0, 0.05) is 30.4 Å². The van der Waals surface area contributed by atoms with Crippen LogP contribution < -0.4 is 4.90 Å². The molecule has 92 valence electrons. The van der Waals surface area contributed by atoms with Gasteiger partial charge in [0.05, 0.1) is 4.92 Å². The molecule has 0 N–H and O–H groups in total. The van der Waals surface area contributed by atoms with Gasteiger partial charge in [-0.1, -0.05) is 0 Å². The molecular weight excluding hydrogens is 216 g/mol. The molecule has 1 aliphatic rings. The Bertz CT molecular complexity index is 431. The number of hydrogen-bond acceptors (Lipinski definition) is 3. The first-order valence-electron chi connectivity index (χ1n) is 6.11. The van der Waals surface area contributed by atoms with E-state index in [1.54, 1.807) is 12.1 Å². The molecule has 0 spiro atoms. The predicted octanol–water partition coefficient (Wildman–Crippen LogP) is 3.28. The quantitative estimate of drug-likeness (QED) is 0.582. The van der Waals surface area contributed by atoms with Crippen molar-refractivity contribution in [2.75, 3.05) is 11.4 Å². The lowest BCUT2D eigenvalue weighted by Gasteiger charge is -2.36. The molecule has 1 heterocycles. The molecule has 0 bridgehead atoms. The highest BCUT2D eigenvalue weighted by atomic mass is 16.6. The SMILES string of the molecule is Cc1cc([N+](=O)[O-])ccc1N1CCCC[C@@H]1C. The summed E-state index contributed by atoms with van der Waals surface area (Å²) in [6, 6.07) is 5.68. The smallest absolute Gasteiger partial charge is 0.269 e. The van der Waals surface area contributed by atoms with Crippen molar-refractivity contribution < 1.29 is 4.92 Å². The zero-order valence-electron chi connectivity index (χ0n) is 10.3. The number of nitro benzene ring substituents is 1. The van der Waals surface area contributed by atoms with Crippen molar-refractivity contribution in [1.82, 2.24) is 0 Å². The maximum atomic E-state index is 10.7. The molecule has 1 fully saturated rings. The highest BCUT2D eigenvalue weighted by Gasteiger charge is 2.20. The molecule has 1 aliphatic heterocycles. The van der Waals surface area contributed by atoms with E-state index in [1.807, 2.05) is 13.0 Å². The van der Waals surface area contributed by atoms with Crippen LogP contribution in [0.1, 0.15) is 31.7 Å². The summed E-state index contributed by atoms with van der Waals surface area (Å²) in [6.45, 7) is 5.23. The van der Waals surface area contributed by atoms with Gasteiger partial charge in [-0.3, -0.25) is 10.1 Å². The highest BCUT2D eigenvalue weighted by molar-refractivity contribution is 5.58. The summed E-state index contributed by atoms with van der Waals surface area (Å²) in [5.41, 5.74) is 2.31. The average molecular weight is 234 g/mol. The van der Waals surface area contributed by atoms with E-state index in [0.29, 0.717) is 6.04 Å². The van der Waals surface area contributed by atoms with Crippen LogP contribution in [0.2, 0.25) is 0 Å². The van der Waals surface area contributed by atoms with E-state index < -0.39 is 0 Å². The van der Waals surface area contributed by atoms with Crippen LogP contribution in [0.3, 0.4) is 0 Å². The minimum absolute atomic E-state index is 0.177. The van der Waals surface area contributed by atoms with E-state index in [9.17, 15) is 10.1 Å². The highest BCUT2D eigenvalue weighted by Crippen LogP contribution is 2.29. The van der Waals surface area contributed by atoms with Crippen molar-refractivity contribution in [3.8, 4) is 0 Å². The summed E-state index contributed by atoms with van der Waals surface area (Å²) in [4.78, 5) is 12.7. The minimum Gasteiger partial charge on any atom is -0.369 e. The number of anilines is 1. The van der Waals surface area contributed by atoms with Crippen molar-refractivity contribution in [3.63, 3.8) is 0 Å². The second-order valence-corrected chi connectivity index (χ2v) is 4.77. The molecule has 1 aromatic carbocycles. The number of aryl methyl sites for hydroxylation is 1. The number of non-ortho nitro benzene ring substituents is 1. The summed E-state index contributed by atoms with van der Waals surface area (Å²) in [7, 11) is 0. The summed E-state index contributed by atoms with van der Waals surface area (Å²) >= 11 is 0. The summed E-state index contributed by atoms with van der Waals surface area (Å²) in [5, 5.41) is 10.7. The topological polar surface area (TPSA) is 46.4 Å². The van der Waals surface area contributed by atoms with Gasteiger partial charge < -0.3 is 4.90 Å². The number of piperidine rings is 1. The van der Waals surface area contributed by atoms with E-state index in [0.717, 1.165) is 17.8 Å². The van der Waals surface area contributed by atoms with Crippen LogP contribution in [-0.2, 0) is 0 Å². The molecule has 1 saturated heterocycles. The summed E-state index contributed by atoms with van der Waals surface area (Å²) in [5.74, 6) is 0. The Morgan fingerprint density at radius 3 is 2.76 bits per heavy atom. The summed E-state index contributed by atoms with van der Waals surface area (Å²) < 4.78 is 0. The molecule has 1 aromatic rings. The summed E-state index contributed by atoms with van der Waals surface area (Å²) in [6.07, 6.45) is 3.70. The van der Waals surface area contributed by atoms with Crippen LogP contribution in [0, 0.1) is 17.0 Å². The Morgan fingerprint density at radius 2 is 2.18 bits per heavy atom. The number of rotatable bonds is 2. The van der Waals surface area contributed by atoms with Crippen molar-refractivity contribution >= 4 is 11.4 Å². The molecule has 0 aromatic heterocycles. The van der Waals surface area contributed by atoms with Crippen LogP contribution in [0.5, 0.6) is 0 Å². The number of hydrogen-bond donors (Lipinski definition) is 0. The van der Waals surface area contributed by atoms with E-state index in [2.05, 4.69) is 11.8 Å². The van der Waals surface area contributed by atoms with Crippen molar-refractivity contribution in [1.29, 1.82) is 0 Å². The zero-order valence-corrected chi connectivity index (χ0v) is 10.3. The van der Waals surface area contributed by atoms with Crippen molar-refractivity contribution in [2.45, 2.75) is 39.2 Å². The van der Waals surface area contributed by atoms with Crippen LogP contribution in [0.15, 0.2) is 18.2 Å². The molecule has 0 amide bonds. The number of benzene rings is 1. The van der Waals surface area contributed by atoms with Gasteiger partial charge in [-0.25, -0.2) is 0 Å². The Morgan fingerprint density at radius 1 is 1.41 bits per heavy atom. The molecule has 4 heteroatoms. The normalized spacial score (nSPS) is 20.4. The average Bonchev–Trinajstić information content (AvgIpc) is 2.30. The molecule has 1 atom stereocenters. The first-order chi connectivity index (χ1) is 8.09. The molecule has 4 nitrogen and oxygen atoms in total. The van der Waals surface area contributed by atoms with Gasteiger partial charge in [-0.2, -0.15) is 0 Å². The van der Waals surface area contributed by atoms with Crippen LogP contribution in [-0.4, -0.2) is 17.5 Å². The molecule has 0 radical (unpaired) electrons. The maximum absolute atomic E-state index is 10.7. The van der Waals surface area contributed by atoms with E-state index in [1.165, 1.54) is 19.3 Å². The number of nitrogens with zero attached hydrogens (tertiary/aromatic N) is 2. The van der Waals surface area contributed by atoms with E-state index in [-0.39, 0.29) is 10.6 Å². The van der Waals surface area contributed by atoms with Gasteiger partial charge in [0.2, 0.25) is 0 Å². The van der Waals surface area contributed by atoms with Gasteiger partial charge in [0.15, 0.2) is 0 Å².